The minimum absolute atomic E-state index is 0.0541. The van der Waals surface area contributed by atoms with Gasteiger partial charge in [0.25, 0.3) is 0 Å². The number of likely N-dealkylation sites (tertiary alicyclic amines) is 2. The number of rotatable bonds is 6. The van der Waals surface area contributed by atoms with Crippen LogP contribution in [-0.2, 0) is 14.4 Å². The average Bonchev–Trinajstić information content (AvgIpc) is 3.64. The summed E-state index contributed by atoms with van der Waals surface area (Å²) in [6, 6.07) is 9.21. The highest BCUT2D eigenvalue weighted by atomic mass is 35.5. The van der Waals surface area contributed by atoms with Crippen molar-refractivity contribution in [3.8, 4) is 0 Å². The number of nitrogens with zero attached hydrogens (tertiary/aromatic N) is 4. The van der Waals surface area contributed by atoms with E-state index >= 15 is 4.39 Å². The lowest BCUT2D eigenvalue weighted by Gasteiger charge is -2.34. The molecule has 3 fully saturated rings. The van der Waals surface area contributed by atoms with Gasteiger partial charge in [-0.3, -0.25) is 19.3 Å². The smallest absolute Gasteiger partial charge is 0.245 e. The number of benzene rings is 2. The first-order valence-corrected chi connectivity index (χ1v) is 16.2. The maximum absolute atomic E-state index is 15.2. The molecule has 0 radical (unpaired) electrons. The number of piperazine rings is 1. The summed E-state index contributed by atoms with van der Waals surface area (Å²) in [5.74, 6) is -3.37. The van der Waals surface area contributed by atoms with Crippen LogP contribution in [0.4, 0.5) is 14.5 Å². The van der Waals surface area contributed by atoms with Gasteiger partial charge in [-0.05, 0) is 57.0 Å². The average molecular weight is 644 g/mol. The Bertz CT molecular complexity index is 1410. The monoisotopic (exact) mass is 643 g/mol. The van der Waals surface area contributed by atoms with Gasteiger partial charge in [-0.2, -0.15) is 0 Å². The van der Waals surface area contributed by atoms with Crippen LogP contribution in [0.3, 0.4) is 0 Å². The van der Waals surface area contributed by atoms with E-state index in [-0.39, 0.29) is 47.8 Å². The van der Waals surface area contributed by atoms with Crippen molar-refractivity contribution < 1.29 is 23.2 Å². The molecule has 4 atom stereocenters. The van der Waals surface area contributed by atoms with E-state index in [4.69, 9.17) is 11.6 Å². The Morgan fingerprint density at radius 3 is 2.22 bits per heavy atom. The van der Waals surface area contributed by atoms with Crippen molar-refractivity contribution >= 4 is 35.0 Å². The third-order valence-electron chi connectivity index (χ3n) is 9.43. The number of anilines is 1. The van der Waals surface area contributed by atoms with Crippen LogP contribution in [-0.4, -0.2) is 95.9 Å². The molecule has 0 aromatic heterocycles. The van der Waals surface area contributed by atoms with Gasteiger partial charge in [0.2, 0.25) is 17.7 Å². The summed E-state index contributed by atoms with van der Waals surface area (Å²) >= 11 is 6.20. The van der Waals surface area contributed by atoms with E-state index in [0.29, 0.717) is 44.3 Å². The Kier molecular flexibility index (Phi) is 9.87. The number of amides is 3. The maximum atomic E-state index is 15.2. The van der Waals surface area contributed by atoms with Crippen molar-refractivity contribution in [1.29, 1.82) is 0 Å². The summed E-state index contributed by atoms with van der Waals surface area (Å²) in [5, 5.41) is 3.87. The van der Waals surface area contributed by atoms with Gasteiger partial charge in [0.05, 0.1) is 17.6 Å². The molecule has 0 saturated carbocycles. The number of nitrogens with one attached hydrogen (secondary N) is 1. The molecule has 0 aliphatic carbocycles. The lowest BCUT2D eigenvalue weighted by atomic mass is 9.88. The van der Waals surface area contributed by atoms with Gasteiger partial charge in [-0.1, -0.05) is 37.6 Å². The second-order valence-electron chi connectivity index (χ2n) is 13.8. The number of carbonyl (C=O) groups is 3. The Morgan fingerprint density at radius 2 is 1.62 bits per heavy atom. The molecule has 1 N–H and O–H groups in total. The molecule has 8 nitrogen and oxygen atoms in total. The molecule has 0 bridgehead atoms. The summed E-state index contributed by atoms with van der Waals surface area (Å²) in [5.41, 5.74) is 0.751. The largest absolute Gasteiger partial charge is 0.338 e. The van der Waals surface area contributed by atoms with Crippen LogP contribution in [0.25, 0.3) is 0 Å². The highest BCUT2D eigenvalue weighted by molar-refractivity contribution is 6.30. The summed E-state index contributed by atoms with van der Waals surface area (Å²) in [6.45, 7) is 13.3. The molecule has 3 aliphatic heterocycles. The Hall–Kier alpha value is -3.08. The Labute approximate surface area is 269 Å². The molecular formula is C34H44ClF2N5O3. The van der Waals surface area contributed by atoms with Gasteiger partial charge in [0, 0.05) is 74.3 Å². The summed E-state index contributed by atoms with van der Waals surface area (Å²) in [7, 11) is 0. The predicted molar refractivity (Wildman–Crippen MR) is 171 cm³/mol. The van der Waals surface area contributed by atoms with Crippen LogP contribution >= 0.6 is 11.6 Å². The number of carbonyl (C=O) groups excluding carboxylic acids is 3. The zero-order chi connectivity index (χ0) is 32.6. The van der Waals surface area contributed by atoms with Crippen LogP contribution in [0, 0.1) is 23.5 Å². The third kappa shape index (κ3) is 7.03. The van der Waals surface area contributed by atoms with E-state index in [1.54, 1.807) is 23.6 Å². The molecule has 2 aromatic rings. The second-order valence-corrected chi connectivity index (χ2v) is 14.2. The minimum Gasteiger partial charge on any atom is -0.338 e. The maximum Gasteiger partial charge on any atom is 0.245 e. The first-order valence-electron chi connectivity index (χ1n) is 15.8. The highest BCUT2D eigenvalue weighted by Gasteiger charge is 2.50. The van der Waals surface area contributed by atoms with Crippen molar-refractivity contribution in [3.63, 3.8) is 0 Å². The molecule has 3 heterocycles. The van der Waals surface area contributed by atoms with Crippen LogP contribution < -0.4 is 10.2 Å². The summed E-state index contributed by atoms with van der Waals surface area (Å²) < 4.78 is 29.1. The quantitative estimate of drug-likeness (QED) is 0.501. The highest BCUT2D eigenvalue weighted by Crippen LogP contribution is 2.40. The molecule has 5 rings (SSSR count). The van der Waals surface area contributed by atoms with Crippen molar-refractivity contribution in [2.45, 2.75) is 64.6 Å². The second kappa shape index (κ2) is 13.3. The van der Waals surface area contributed by atoms with Crippen molar-refractivity contribution in [2.75, 3.05) is 50.7 Å². The van der Waals surface area contributed by atoms with E-state index in [1.807, 2.05) is 24.3 Å². The normalized spacial score (nSPS) is 24.4. The zero-order valence-electron chi connectivity index (χ0n) is 26.7. The molecule has 2 aromatic carbocycles. The van der Waals surface area contributed by atoms with Crippen molar-refractivity contribution in [1.82, 2.24) is 20.0 Å². The van der Waals surface area contributed by atoms with Crippen LogP contribution in [0.15, 0.2) is 42.5 Å². The third-order valence-corrected chi connectivity index (χ3v) is 9.68. The number of hydrogen-bond donors (Lipinski definition) is 1. The fourth-order valence-corrected chi connectivity index (χ4v) is 7.01. The van der Waals surface area contributed by atoms with Crippen LogP contribution in [0.1, 0.15) is 52.5 Å². The van der Waals surface area contributed by atoms with Crippen LogP contribution in [0.2, 0.25) is 5.02 Å². The predicted octanol–water partition coefficient (Wildman–Crippen LogP) is 4.52. The van der Waals surface area contributed by atoms with E-state index in [9.17, 15) is 18.8 Å². The van der Waals surface area contributed by atoms with Gasteiger partial charge >= 0.3 is 0 Å². The molecular weight excluding hydrogens is 600 g/mol. The van der Waals surface area contributed by atoms with Gasteiger partial charge in [0.15, 0.2) is 0 Å². The molecule has 244 valence electrons. The lowest BCUT2D eigenvalue weighted by Crippen LogP contribution is -2.54. The summed E-state index contributed by atoms with van der Waals surface area (Å²) in [6.07, 6.45) is 0.158. The van der Waals surface area contributed by atoms with Crippen molar-refractivity contribution in [3.05, 3.63) is 64.7 Å². The molecule has 0 spiro atoms. The summed E-state index contributed by atoms with van der Waals surface area (Å²) in [4.78, 5) is 49.5. The zero-order valence-corrected chi connectivity index (χ0v) is 27.5. The van der Waals surface area contributed by atoms with E-state index < -0.39 is 35.6 Å². The molecule has 45 heavy (non-hydrogen) atoms. The Morgan fingerprint density at radius 1 is 0.956 bits per heavy atom. The number of halogens is 3. The van der Waals surface area contributed by atoms with E-state index in [1.165, 1.54) is 11.0 Å². The van der Waals surface area contributed by atoms with Crippen LogP contribution in [0.5, 0.6) is 0 Å². The topological polar surface area (TPSA) is 76.2 Å². The van der Waals surface area contributed by atoms with Crippen molar-refractivity contribution in [2.24, 2.45) is 11.8 Å². The molecule has 3 amide bonds. The van der Waals surface area contributed by atoms with E-state index in [2.05, 4.69) is 31.0 Å². The number of hydrogen-bond acceptors (Lipinski definition) is 5. The Balaban J connectivity index is 1.53. The van der Waals surface area contributed by atoms with Gasteiger partial charge in [-0.25, -0.2) is 8.78 Å². The fraction of sp³-hybridized carbons (Fsp3) is 0.559. The standard InChI is InChI=1S/C34H44ClF2N5O3/c1-21(2)31(43)42(29-11-10-24(36)16-28(29)37)25-17-30(33(45)39-14-12-38-13-15-39)41(18-25)32(44)27-20-40(34(3,4)5)19-26(27)22-6-8-23(35)9-7-22/h6-11,16,21,25-27,30,38H,12-15,17-20H2,1-5H3/t25?,26-,27+,30-/m0/s1. The SMILES string of the molecule is CC(C)C(=O)N(c1ccc(F)cc1F)C1C[C@@H](C(=O)N2CCNCC2)N(C(=O)[C@@H]2CN(C(C)(C)C)C[C@H]2c2ccc(Cl)cc2)C1. The molecule has 11 heteroatoms. The first-order chi connectivity index (χ1) is 21.3. The first kappa shape index (κ1) is 33.3. The van der Waals surface area contributed by atoms with Gasteiger partial charge in [-0.15, -0.1) is 0 Å². The van der Waals surface area contributed by atoms with Gasteiger partial charge < -0.3 is 20.0 Å². The lowest BCUT2D eigenvalue weighted by molar-refractivity contribution is -0.146. The minimum atomic E-state index is -0.863. The fourth-order valence-electron chi connectivity index (χ4n) is 6.89. The molecule has 1 unspecified atom stereocenters. The van der Waals surface area contributed by atoms with Gasteiger partial charge in [0.1, 0.15) is 17.7 Å². The van der Waals surface area contributed by atoms with E-state index in [0.717, 1.165) is 17.7 Å². The molecule has 3 saturated heterocycles. The molecule has 3 aliphatic rings.